The highest BCUT2D eigenvalue weighted by Crippen LogP contribution is 2.23. The number of benzene rings is 1. The zero-order valence-electron chi connectivity index (χ0n) is 23.5. The third kappa shape index (κ3) is 11.5. The number of carbonyl (C=O) groups excluding carboxylic acids is 3. The molecule has 0 radical (unpaired) electrons. The molecule has 0 spiro atoms. The van der Waals surface area contributed by atoms with Gasteiger partial charge < -0.3 is 31.7 Å². The average molecular weight is 561 g/mol. The van der Waals surface area contributed by atoms with Crippen molar-refractivity contribution in [2.75, 3.05) is 26.2 Å². The molecule has 39 heavy (non-hydrogen) atoms. The second kappa shape index (κ2) is 18.8. The zero-order chi connectivity index (χ0) is 29.2. The fraction of sp³-hybridized carbons (Fsp3) is 0.500. The van der Waals surface area contributed by atoms with Crippen LogP contribution in [-0.4, -0.2) is 60.7 Å². The van der Waals surface area contributed by atoms with Crippen LogP contribution in [0.3, 0.4) is 0 Å². The minimum atomic E-state index is -0.639. The minimum Gasteiger partial charge on any atom is -0.494 e. The lowest BCUT2D eigenvalue weighted by atomic mass is 10.1. The number of nitrogen functional groups attached to an aromatic ring is 1. The van der Waals surface area contributed by atoms with Crippen molar-refractivity contribution in [2.24, 2.45) is 17.4 Å². The van der Waals surface area contributed by atoms with Crippen LogP contribution in [0.5, 0.6) is 5.75 Å². The van der Waals surface area contributed by atoms with Crippen molar-refractivity contribution in [1.29, 1.82) is 5.41 Å². The molecule has 1 fully saturated rings. The molecule has 2 unspecified atom stereocenters. The first kappa shape index (κ1) is 33.6. The first-order valence-corrected chi connectivity index (χ1v) is 14.4. The van der Waals surface area contributed by atoms with Crippen molar-refractivity contribution in [1.82, 2.24) is 15.5 Å². The van der Waals surface area contributed by atoms with Crippen LogP contribution < -0.4 is 26.8 Å². The van der Waals surface area contributed by atoms with Crippen LogP contribution in [0.25, 0.3) is 0 Å². The number of hydrogen-bond acceptors (Lipinski definition) is 7. The van der Waals surface area contributed by atoms with Gasteiger partial charge in [-0.3, -0.25) is 19.8 Å². The Morgan fingerprint density at radius 3 is 2.44 bits per heavy atom. The van der Waals surface area contributed by atoms with E-state index in [0.717, 1.165) is 10.6 Å². The molecule has 2 aromatic rings. The lowest BCUT2D eigenvalue weighted by Crippen LogP contribution is -2.48. The summed E-state index contributed by atoms with van der Waals surface area (Å²) in [6, 6.07) is 10.5. The second-order valence-corrected chi connectivity index (χ2v) is 9.37. The van der Waals surface area contributed by atoms with Crippen molar-refractivity contribution in [3.05, 3.63) is 52.2 Å². The van der Waals surface area contributed by atoms with Gasteiger partial charge in [0.1, 0.15) is 17.6 Å². The van der Waals surface area contributed by atoms with Crippen molar-refractivity contribution in [3.63, 3.8) is 0 Å². The van der Waals surface area contributed by atoms with Gasteiger partial charge in [-0.25, -0.2) is 0 Å². The van der Waals surface area contributed by atoms with E-state index < -0.39 is 6.04 Å². The average Bonchev–Trinajstić information content (AvgIpc) is 3.63. The number of thiophene rings is 1. The quantitative estimate of drug-likeness (QED) is 0.152. The van der Waals surface area contributed by atoms with Crippen LogP contribution in [0.2, 0.25) is 0 Å². The highest BCUT2D eigenvalue weighted by molar-refractivity contribution is 7.10. The lowest BCUT2D eigenvalue weighted by Gasteiger charge is -2.24. The van der Waals surface area contributed by atoms with E-state index in [1.165, 1.54) is 16.2 Å². The van der Waals surface area contributed by atoms with Gasteiger partial charge in [0, 0.05) is 28.8 Å². The van der Waals surface area contributed by atoms with Gasteiger partial charge in [-0.1, -0.05) is 45.9 Å². The molecule has 1 aromatic carbocycles. The predicted molar refractivity (Wildman–Crippen MR) is 157 cm³/mol. The highest BCUT2D eigenvalue weighted by atomic mass is 32.1. The van der Waals surface area contributed by atoms with Gasteiger partial charge in [-0.2, -0.15) is 0 Å². The van der Waals surface area contributed by atoms with Crippen LogP contribution >= 0.6 is 11.3 Å². The van der Waals surface area contributed by atoms with Crippen molar-refractivity contribution in [2.45, 2.75) is 59.5 Å². The van der Waals surface area contributed by atoms with E-state index in [4.69, 9.17) is 21.6 Å². The Bertz CT molecular complexity index is 1030. The van der Waals surface area contributed by atoms with Crippen LogP contribution in [-0.2, 0) is 20.9 Å². The summed E-state index contributed by atoms with van der Waals surface area (Å²) in [4.78, 5) is 40.2. The molecule has 0 saturated carbocycles. The maximum atomic E-state index is 12.9. The molecular formula is C28H44N6O4S. The number of carbonyl (C=O) groups is 3. The van der Waals surface area contributed by atoms with Gasteiger partial charge in [0.25, 0.3) is 0 Å². The number of amidine groups is 1. The molecule has 1 aromatic heterocycles. The number of rotatable bonds is 12. The maximum absolute atomic E-state index is 12.9. The van der Waals surface area contributed by atoms with E-state index in [-0.39, 0.29) is 49.0 Å². The topological polar surface area (TPSA) is 164 Å². The van der Waals surface area contributed by atoms with E-state index in [0.29, 0.717) is 38.1 Å². The highest BCUT2D eigenvalue weighted by Gasteiger charge is 2.38. The maximum Gasteiger partial charge on any atom is 0.243 e. The normalized spacial score (nSPS) is 15.7. The SMILES string of the molecule is CC.CC.N=C(N)c1csc(CNC(=O)C2CC(CN)CN2C(=O)CNC(=O)CCCOc2ccccc2)c1. The van der Waals surface area contributed by atoms with E-state index >= 15 is 0 Å². The fourth-order valence-electron chi connectivity index (χ4n) is 3.83. The number of amides is 3. The number of ether oxygens (including phenoxy) is 1. The largest absolute Gasteiger partial charge is 0.494 e. The molecule has 3 rings (SSSR count). The molecule has 2 heterocycles. The zero-order valence-corrected chi connectivity index (χ0v) is 24.3. The van der Waals surface area contributed by atoms with Crippen LogP contribution in [0, 0.1) is 11.3 Å². The number of likely N-dealkylation sites (tertiary alicyclic amines) is 1. The molecule has 11 heteroatoms. The summed E-state index contributed by atoms with van der Waals surface area (Å²) in [6.07, 6.45) is 1.23. The Morgan fingerprint density at radius 2 is 1.82 bits per heavy atom. The first-order valence-electron chi connectivity index (χ1n) is 13.5. The van der Waals surface area contributed by atoms with Crippen LogP contribution in [0.15, 0.2) is 41.8 Å². The Kier molecular flexibility index (Phi) is 16.1. The van der Waals surface area contributed by atoms with Crippen molar-refractivity contribution >= 4 is 34.9 Å². The van der Waals surface area contributed by atoms with E-state index in [1.807, 2.05) is 58.0 Å². The molecule has 1 aliphatic rings. The summed E-state index contributed by atoms with van der Waals surface area (Å²) in [5, 5.41) is 14.7. The summed E-state index contributed by atoms with van der Waals surface area (Å²) < 4.78 is 5.57. The molecule has 1 saturated heterocycles. The van der Waals surface area contributed by atoms with Gasteiger partial charge in [0.05, 0.1) is 19.7 Å². The number of nitrogens with two attached hydrogens (primary N) is 2. The van der Waals surface area contributed by atoms with Crippen LogP contribution in [0.1, 0.15) is 57.4 Å². The summed E-state index contributed by atoms with van der Waals surface area (Å²) in [6.45, 7) is 9.25. The summed E-state index contributed by atoms with van der Waals surface area (Å²) >= 11 is 1.40. The van der Waals surface area contributed by atoms with Gasteiger partial charge in [0.15, 0.2) is 0 Å². The van der Waals surface area contributed by atoms with E-state index in [2.05, 4.69) is 10.6 Å². The Morgan fingerprint density at radius 1 is 1.13 bits per heavy atom. The number of hydrogen-bond donors (Lipinski definition) is 5. The lowest BCUT2D eigenvalue weighted by molar-refractivity contribution is -0.138. The van der Waals surface area contributed by atoms with Crippen molar-refractivity contribution < 1.29 is 19.1 Å². The van der Waals surface area contributed by atoms with Crippen molar-refractivity contribution in [3.8, 4) is 5.75 Å². The fourth-order valence-corrected chi connectivity index (χ4v) is 4.65. The van der Waals surface area contributed by atoms with E-state index in [9.17, 15) is 14.4 Å². The molecule has 7 N–H and O–H groups in total. The molecular weight excluding hydrogens is 516 g/mol. The Labute approximate surface area is 236 Å². The second-order valence-electron chi connectivity index (χ2n) is 8.37. The molecule has 0 bridgehead atoms. The molecule has 1 aliphatic heterocycles. The predicted octanol–water partition coefficient (Wildman–Crippen LogP) is 2.85. The minimum absolute atomic E-state index is 0.0200. The molecule has 2 atom stereocenters. The summed E-state index contributed by atoms with van der Waals surface area (Å²) in [7, 11) is 0. The third-order valence-corrected chi connectivity index (χ3v) is 6.68. The summed E-state index contributed by atoms with van der Waals surface area (Å²) in [5.41, 5.74) is 11.9. The first-order chi connectivity index (χ1) is 18.9. The summed E-state index contributed by atoms with van der Waals surface area (Å²) in [5.74, 6) is -0.0882. The van der Waals surface area contributed by atoms with Gasteiger partial charge in [-0.05, 0) is 43.5 Å². The molecule has 0 aliphatic carbocycles. The van der Waals surface area contributed by atoms with Gasteiger partial charge in [-0.15, -0.1) is 11.3 Å². The molecule has 10 nitrogen and oxygen atoms in total. The van der Waals surface area contributed by atoms with E-state index in [1.54, 1.807) is 11.4 Å². The van der Waals surface area contributed by atoms with Gasteiger partial charge in [0.2, 0.25) is 17.7 Å². The third-order valence-electron chi connectivity index (χ3n) is 5.74. The molecule has 216 valence electrons. The standard InChI is InChI=1S/C24H32N6O4S.2C2H6/c25-11-16-9-20(24(33)29-12-19-10-17(15-35-19)23(26)27)30(14-16)22(32)13-28-21(31)7-4-8-34-18-5-2-1-3-6-18;2*1-2/h1-3,5-6,10,15-16,20H,4,7-9,11-14,25H2,(H3,26,27)(H,28,31)(H,29,33);2*1-2H3. The Balaban J connectivity index is 0.00000181. The monoisotopic (exact) mass is 560 g/mol. The number of nitrogens with one attached hydrogen (secondary N) is 3. The number of para-hydroxylation sites is 1. The van der Waals surface area contributed by atoms with Crippen LogP contribution in [0.4, 0.5) is 0 Å². The number of nitrogens with zero attached hydrogens (tertiary/aromatic N) is 1. The molecule has 3 amide bonds. The Hall–Kier alpha value is -3.44. The van der Waals surface area contributed by atoms with Gasteiger partial charge >= 0.3 is 0 Å². The smallest absolute Gasteiger partial charge is 0.243 e.